The molecular weight excluding hydrogens is 881 g/mol. The fourth-order valence-electron chi connectivity index (χ4n) is 13.5. The lowest BCUT2D eigenvalue weighted by Crippen LogP contribution is -2.26. The van der Waals surface area contributed by atoms with Gasteiger partial charge in [0.05, 0.1) is 22.1 Å². The molecule has 2 aliphatic carbocycles. The maximum atomic E-state index is 2.59. The van der Waals surface area contributed by atoms with E-state index in [9.17, 15) is 0 Å². The standard InChI is InChI=1S/C71H44N2/c1-3-21-46(22-4-1)72(48-39-40-54-52-28-10-9-26-50(52)51-27-11-12-29-53(51)60(54)42-48)68-44-66-61(57-32-15-18-37-65(57)71(66)63-35-16-13-30-55(63)56-31-14-17-36-64(56)71)43-62(68)58-33-19-34-59-69-49-25-8-7-20-45(49)38-41-67(69)73(70(58)59)47-23-5-2-6-24-47/h1-44H. The molecule has 0 atom stereocenters. The molecule has 0 radical (unpaired) electrons. The van der Waals surface area contributed by atoms with Gasteiger partial charge in [-0.05, 0) is 142 Å². The number of nitrogens with zero attached hydrogens (tertiary/aromatic N) is 2. The summed E-state index contributed by atoms with van der Waals surface area (Å²) in [5.41, 5.74) is 19.0. The van der Waals surface area contributed by atoms with Crippen molar-refractivity contribution in [1.82, 2.24) is 4.57 Å². The minimum Gasteiger partial charge on any atom is -0.310 e. The zero-order valence-corrected chi connectivity index (χ0v) is 39.8. The van der Waals surface area contributed by atoms with Crippen molar-refractivity contribution in [2.75, 3.05) is 4.90 Å². The van der Waals surface area contributed by atoms with Crippen LogP contribution in [-0.2, 0) is 5.41 Å². The predicted molar refractivity (Wildman–Crippen MR) is 307 cm³/mol. The fraction of sp³-hybridized carbons (Fsp3) is 0.0141. The molecule has 73 heavy (non-hydrogen) atoms. The molecule has 1 aromatic heterocycles. The molecule has 0 fully saturated rings. The van der Waals surface area contributed by atoms with Crippen molar-refractivity contribution >= 4 is 82.0 Å². The molecule has 2 nitrogen and oxygen atoms in total. The zero-order chi connectivity index (χ0) is 47.8. The van der Waals surface area contributed by atoms with Crippen LogP contribution in [0.15, 0.2) is 267 Å². The summed E-state index contributed by atoms with van der Waals surface area (Å²) in [5, 5.41) is 12.5. The number of anilines is 3. The molecule has 0 bridgehead atoms. The minimum absolute atomic E-state index is 0.545. The van der Waals surface area contributed by atoms with E-state index in [1.165, 1.54) is 115 Å². The topological polar surface area (TPSA) is 8.17 Å². The van der Waals surface area contributed by atoms with Crippen LogP contribution < -0.4 is 4.90 Å². The lowest BCUT2D eigenvalue weighted by atomic mass is 9.70. The molecule has 0 aliphatic heterocycles. The van der Waals surface area contributed by atoms with Gasteiger partial charge in [-0.3, -0.25) is 0 Å². The Balaban J connectivity index is 1.09. The molecule has 2 aliphatic rings. The third kappa shape index (κ3) is 5.47. The summed E-state index contributed by atoms with van der Waals surface area (Å²) in [6.07, 6.45) is 0. The van der Waals surface area contributed by atoms with Crippen LogP contribution in [0.4, 0.5) is 17.1 Å². The van der Waals surface area contributed by atoms with Crippen molar-refractivity contribution in [3.05, 3.63) is 289 Å². The number of benzene rings is 13. The monoisotopic (exact) mass is 924 g/mol. The minimum atomic E-state index is -0.545. The van der Waals surface area contributed by atoms with Gasteiger partial charge in [-0.1, -0.05) is 212 Å². The van der Waals surface area contributed by atoms with Crippen LogP contribution >= 0.6 is 0 Å². The summed E-state index contributed by atoms with van der Waals surface area (Å²) < 4.78 is 2.52. The van der Waals surface area contributed by atoms with Crippen LogP contribution in [0.5, 0.6) is 0 Å². The highest BCUT2D eigenvalue weighted by Crippen LogP contribution is 2.64. The molecule has 13 aromatic carbocycles. The molecule has 14 aromatic rings. The van der Waals surface area contributed by atoms with E-state index in [0.717, 1.165) is 28.3 Å². The average Bonchev–Trinajstić information content (AvgIpc) is 4.08. The summed E-state index contributed by atoms with van der Waals surface area (Å²) in [6.45, 7) is 0. The molecule has 338 valence electrons. The number of aromatic nitrogens is 1. The van der Waals surface area contributed by atoms with Gasteiger partial charge < -0.3 is 9.47 Å². The van der Waals surface area contributed by atoms with Crippen LogP contribution in [0.1, 0.15) is 22.3 Å². The van der Waals surface area contributed by atoms with Gasteiger partial charge in [-0.2, -0.15) is 0 Å². The Labute approximate surface area is 422 Å². The number of hydrogen-bond donors (Lipinski definition) is 0. The predicted octanol–water partition coefficient (Wildman–Crippen LogP) is 18.9. The first-order valence-electron chi connectivity index (χ1n) is 25.4. The summed E-state index contributed by atoms with van der Waals surface area (Å²) in [5.74, 6) is 0. The summed E-state index contributed by atoms with van der Waals surface area (Å²) in [4.78, 5) is 2.55. The maximum absolute atomic E-state index is 2.59. The van der Waals surface area contributed by atoms with Gasteiger partial charge in [0.25, 0.3) is 0 Å². The Morgan fingerprint density at radius 2 is 0.795 bits per heavy atom. The highest BCUT2D eigenvalue weighted by Gasteiger charge is 2.52. The van der Waals surface area contributed by atoms with Crippen LogP contribution in [0.3, 0.4) is 0 Å². The van der Waals surface area contributed by atoms with E-state index in [1.807, 2.05) is 0 Å². The van der Waals surface area contributed by atoms with Crippen molar-refractivity contribution in [2.24, 2.45) is 0 Å². The zero-order valence-electron chi connectivity index (χ0n) is 39.8. The van der Waals surface area contributed by atoms with Gasteiger partial charge in [0.15, 0.2) is 0 Å². The molecular formula is C71H44N2. The van der Waals surface area contributed by atoms with Gasteiger partial charge in [-0.25, -0.2) is 0 Å². The second-order valence-electron chi connectivity index (χ2n) is 19.8. The van der Waals surface area contributed by atoms with Crippen LogP contribution in [-0.4, -0.2) is 4.57 Å². The van der Waals surface area contributed by atoms with E-state index < -0.39 is 5.41 Å². The lowest BCUT2D eigenvalue weighted by Gasteiger charge is -2.33. The largest absolute Gasteiger partial charge is 0.310 e. The second kappa shape index (κ2) is 15.3. The number of para-hydroxylation sites is 3. The first kappa shape index (κ1) is 40.3. The van der Waals surface area contributed by atoms with E-state index in [0.29, 0.717) is 0 Å². The van der Waals surface area contributed by atoms with Gasteiger partial charge in [0.2, 0.25) is 0 Å². The highest BCUT2D eigenvalue weighted by atomic mass is 15.1. The number of hydrogen-bond acceptors (Lipinski definition) is 1. The Bertz CT molecular complexity index is 4540. The van der Waals surface area contributed by atoms with Gasteiger partial charge in [0, 0.05) is 39.0 Å². The molecule has 0 saturated carbocycles. The highest BCUT2D eigenvalue weighted by molar-refractivity contribution is 6.27. The van der Waals surface area contributed by atoms with Crippen LogP contribution in [0, 0.1) is 0 Å². The third-order valence-corrected chi connectivity index (χ3v) is 16.3. The van der Waals surface area contributed by atoms with Crippen molar-refractivity contribution in [1.29, 1.82) is 0 Å². The van der Waals surface area contributed by atoms with Gasteiger partial charge in [0.1, 0.15) is 0 Å². The van der Waals surface area contributed by atoms with E-state index in [-0.39, 0.29) is 0 Å². The molecule has 0 unspecified atom stereocenters. The third-order valence-electron chi connectivity index (χ3n) is 16.3. The molecule has 0 amide bonds. The van der Waals surface area contributed by atoms with Crippen LogP contribution in [0.25, 0.3) is 104 Å². The second-order valence-corrected chi connectivity index (χ2v) is 19.8. The summed E-state index contributed by atoms with van der Waals surface area (Å²) in [6, 6.07) is 100. The Kier molecular flexibility index (Phi) is 8.41. The Hall–Kier alpha value is -9.50. The van der Waals surface area contributed by atoms with Gasteiger partial charge in [-0.15, -0.1) is 0 Å². The first-order chi connectivity index (χ1) is 36.3. The first-order valence-corrected chi connectivity index (χ1v) is 25.4. The van der Waals surface area contributed by atoms with Crippen molar-refractivity contribution < 1.29 is 0 Å². The fourth-order valence-corrected chi connectivity index (χ4v) is 13.5. The van der Waals surface area contributed by atoms with Crippen LogP contribution in [0.2, 0.25) is 0 Å². The molecule has 16 rings (SSSR count). The quantitative estimate of drug-likeness (QED) is 0.156. The molecule has 0 N–H and O–H groups in total. The lowest BCUT2D eigenvalue weighted by molar-refractivity contribution is 0.794. The molecule has 0 saturated heterocycles. The summed E-state index contributed by atoms with van der Waals surface area (Å²) in [7, 11) is 0. The van der Waals surface area contributed by atoms with E-state index in [2.05, 4.69) is 276 Å². The van der Waals surface area contributed by atoms with Crippen molar-refractivity contribution in [3.8, 4) is 39.1 Å². The van der Waals surface area contributed by atoms with E-state index >= 15 is 0 Å². The van der Waals surface area contributed by atoms with Crippen molar-refractivity contribution in [2.45, 2.75) is 5.41 Å². The molecule has 1 spiro atoms. The SMILES string of the molecule is c1ccc(N(c2ccc3c4ccccc4c4ccccc4c3c2)c2cc3c(cc2-c2cccc4c5c6ccccc6ccc5n(-c5ccccc5)c24)-c2ccccc2C32c3ccccc3-c3ccccc32)cc1. The smallest absolute Gasteiger partial charge is 0.0726 e. The average molecular weight is 925 g/mol. The number of fused-ring (bicyclic) bond motifs is 21. The summed E-state index contributed by atoms with van der Waals surface area (Å²) >= 11 is 0. The maximum Gasteiger partial charge on any atom is 0.0726 e. The van der Waals surface area contributed by atoms with E-state index in [4.69, 9.17) is 0 Å². The van der Waals surface area contributed by atoms with Gasteiger partial charge >= 0.3 is 0 Å². The van der Waals surface area contributed by atoms with Crippen molar-refractivity contribution in [3.63, 3.8) is 0 Å². The molecule has 1 heterocycles. The number of rotatable bonds is 5. The Morgan fingerprint density at radius 1 is 0.288 bits per heavy atom. The van der Waals surface area contributed by atoms with E-state index in [1.54, 1.807) is 0 Å². The Morgan fingerprint density at radius 3 is 1.45 bits per heavy atom. The normalized spacial score (nSPS) is 13.0. The molecule has 2 heteroatoms.